The van der Waals surface area contributed by atoms with Crippen LogP contribution in [0.25, 0.3) is 0 Å². The number of hydrogen-bond donors (Lipinski definition) is 0. The van der Waals surface area contributed by atoms with Crippen LogP contribution in [-0.4, -0.2) is 0 Å². The lowest BCUT2D eigenvalue weighted by Crippen LogP contribution is -1.90. The molecule has 0 amide bonds. The van der Waals surface area contributed by atoms with Crippen molar-refractivity contribution in [1.82, 2.24) is 0 Å². The van der Waals surface area contributed by atoms with Crippen LogP contribution in [0, 0.1) is 19.7 Å². The van der Waals surface area contributed by atoms with Gasteiger partial charge in [0.1, 0.15) is 5.82 Å². The van der Waals surface area contributed by atoms with E-state index in [1.807, 2.05) is 19.9 Å². The molecule has 0 saturated heterocycles. The average molecular weight is 264 g/mol. The van der Waals surface area contributed by atoms with Gasteiger partial charge in [-0.05, 0) is 36.6 Å². The lowest BCUT2D eigenvalue weighted by molar-refractivity contribution is 0.615. The highest BCUT2D eigenvalue weighted by Crippen LogP contribution is 2.17. The standard InChI is InChI=1S/C9H10FI/c1-6-3-8(5-11)7(2)9(10)4-6/h3-4H,5H2,1-2H3. The summed E-state index contributed by atoms with van der Waals surface area (Å²) >= 11 is 2.25. The van der Waals surface area contributed by atoms with Gasteiger partial charge in [-0.2, -0.15) is 0 Å². The molecule has 0 aromatic heterocycles. The summed E-state index contributed by atoms with van der Waals surface area (Å²) in [5.74, 6) is -0.0864. The topological polar surface area (TPSA) is 0 Å². The molecule has 0 heterocycles. The highest BCUT2D eigenvalue weighted by molar-refractivity contribution is 14.1. The van der Waals surface area contributed by atoms with Crippen LogP contribution in [0.4, 0.5) is 4.39 Å². The minimum atomic E-state index is -0.0864. The van der Waals surface area contributed by atoms with Crippen molar-refractivity contribution < 1.29 is 4.39 Å². The van der Waals surface area contributed by atoms with E-state index in [2.05, 4.69) is 22.6 Å². The first kappa shape index (κ1) is 8.97. The van der Waals surface area contributed by atoms with Gasteiger partial charge >= 0.3 is 0 Å². The summed E-state index contributed by atoms with van der Waals surface area (Å²) in [5, 5.41) is 0. The number of aryl methyl sites for hydroxylation is 1. The Hall–Kier alpha value is -0.120. The van der Waals surface area contributed by atoms with Crippen LogP contribution in [-0.2, 0) is 4.43 Å². The second-order valence-electron chi connectivity index (χ2n) is 2.66. The predicted molar refractivity (Wildman–Crippen MR) is 53.6 cm³/mol. The number of hydrogen-bond acceptors (Lipinski definition) is 0. The Morgan fingerprint density at radius 2 is 2.00 bits per heavy atom. The number of alkyl halides is 1. The van der Waals surface area contributed by atoms with Gasteiger partial charge in [0.25, 0.3) is 0 Å². The van der Waals surface area contributed by atoms with E-state index in [4.69, 9.17) is 0 Å². The Labute approximate surface area is 80.0 Å². The first-order chi connectivity index (χ1) is 5.15. The Kier molecular flexibility index (Phi) is 2.87. The third kappa shape index (κ3) is 1.92. The fourth-order valence-electron chi connectivity index (χ4n) is 1.03. The Balaban J connectivity index is 3.24. The van der Waals surface area contributed by atoms with Crippen LogP contribution >= 0.6 is 22.6 Å². The summed E-state index contributed by atoms with van der Waals surface area (Å²) in [6.07, 6.45) is 0. The summed E-state index contributed by atoms with van der Waals surface area (Å²) in [5.41, 5.74) is 2.88. The minimum Gasteiger partial charge on any atom is -0.207 e. The van der Waals surface area contributed by atoms with Crippen LogP contribution in [0.5, 0.6) is 0 Å². The summed E-state index contributed by atoms with van der Waals surface area (Å²) in [6, 6.07) is 3.61. The lowest BCUT2D eigenvalue weighted by atomic mass is 10.1. The molecule has 60 valence electrons. The molecule has 0 aliphatic heterocycles. The molecule has 0 aliphatic carbocycles. The second-order valence-corrected chi connectivity index (χ2v) is 3.43. The summed E-state index contributed by atoms with van der Waals surface area (Å²) in [4.78, 5) is 0. The molecule has 0 atom stereocenters. The van der Waals surface area contributed by atoms with Crippen molar-refractivity contribution in [2.75, 3.05) is 0 Å². The maximum Gasteiger partial charge on any atom is 0.126 e. The van der Waals surface area contributed by atoms with Crippen molar-refractivity contribution in [2.24, 2.45) is 0 Å². The average Bonchev–Trinajstić information content (AvgIpc) is 1.96. The van der Waals surface area contributed by atoms with E-state index in [1.165, 1.54) is 0 Å². The Morgan fingerprint density at radius 1 is 1.36 bits per heavy atom. The number of halogens is 2. The molecule has 0 saturated carbocycles. The van der Waals surface area contributed by atoms with E-state index in [9.17, 15) is 4.39 Å². The fraction of sp³-hybridized carbons (Fsp3) is 0.333. The van der Waals surface area contributed by atoms with Crippen LogP contribution < -0.4 is 0 Å². The molecule has 1 aromatic rings. The summed E-state index contributed by atoms with van der Waals surface area (Å²) in [6.45, 7) is 3.74. The van der Waals surface area contributed by atoms with Crippen LogP contribution in [0.15, 0.2) is 12.1 Å². The van der Waals surface area contributed by atoms with Crippen LogP contribution in [0.2, 0.25) is 0 Å². The van der Waals surface area contributed by atoms with E-state index in [-0.39, 0.29) is 5.82 Å². The second kappa shape index (κ2) is 3.52. The molecule has 0 spiro atoms. The van der Waals surface area contributed by atoms with Crippen molar-refractivity contribution in [3.8, 4) is 0 Å². The molecule has 0 fully saturated rings. The Morgan fingerprint density at radius 3 is 2.55 bits per heavy atom. The van der Waals surface area contributed by atoms with E-state index in [0.29, 0.717) is 0 Å². The summed E-state index contributed by atoms with van der Waals surface area (Å²) in [7, 11) is 0. The van der Waals surface area contributed by atoms with Crippen molar-refractivity contribution in [3.63, 3.8) is 0 Å². The highest BCUT2D eigenvalue weighted by Gasteiger charge is 2.02. The van der Waals surface area contributed by atoms with Gasteiger partial charge in [-0.15, -0.1) is 0 Å². The zero-order valence-corrected chi connectivity index (χ0v) is 8.78. The van der Waals surface area contributed by atoms with E-state index in [0.717, 1.165) is 21.1 Å². The van der Waals surface area contributed by atoms with Gasteiger partial charge in [-0.25, -0.2) is 4.39 Å². The quantitative estimate of drug-likeness (QED) is 0.539. The van der Waals surface area contributed by atoms with Crippen molar-refractivity contribution in [3.05, 3.63) is 34.6 Å². The summed E-state index contributed by atoms with van der Waals surface area (Å²) < 4.78 is 13.9. The lowest BCUT2D eigenvalue weighted by Gasteiger charge is -2.04. The number of benzene rings is 1. The largest absolute Gasteiger partial charge is 0.207 e. The molecule has 2 heteroatoms. The molecule has 0 bridgehead atoms. The molecule has 1 rings (SSSR count). The predicted octanol–water partition coefficient (Wildman–Crippen LogP) is 3.38. The molecule has 0 unspecified atom stereocenters. The molecule has 11 heavy (non-hydrogen) atoms. The Bertz CT molecular complexity index is 269. The fourth-order valence-corrected chi connectivity index (χ4v) is 1.82. The molecule has 0 N–H and O–H groups in total. The monoisotopic (exact) mass is 264 g/mol. The molecule has 0 nitrogen and oxygen atoms in total. The van der Waals surface area contributed by atoms with Crippen LogP contribution in [0.3, 0.4) is 0 Å². The van der Waals surface area contributed by atoms with E-state index in [1.54, 1.807) is 6.07 Å². The van der Waals surface area contributed by atoms with Gasteiger partial charge in [-0.3, -0.25) is 0 Å². The van der Waals surface area contributed by atoms with E-state index < -0.39 is 0 Å². The molecule has 1 aromatic carbocycles. The van der Waals surface area contributed by atoms with E-state index >= 15 is 0 Å². The first-order valence-electron chi connectivity index (χ1n) is 3.46. The smallest absolute Gasteiger partial charge is 0.126 e. The minimum absolute atomic E-state index is 0.0864. The molecule has 0 radical (unpaired) electrons. The first-order valence-corrected chi connectivity index (χ1v) is 4.99. The maximum atomic E-state index is 13.0. The number of rotatable bonds is 1. The van der Waals surface area contributed by atoms with Gasteiger partial charge in [0.2, 0.25) is 0 Å². The van der Waals surface area contributed by atoms with Crippen molar-refractivity contribution in [2.45, 2.75) is 18.3 Å². The van der Waals surface area contributed by atoms with Gasteiger partial charge < -0.3 is 0 Å². The van der Waals surface area contributed by atoms with Crippen molar-refractivity contribution >= 4 is 22.6 Å². The SMILES string of the molecule is Cc1cc(F)c(C)c(CI)c1. The molecular weight excluding hydrogens is 254 g/mol. The van der Waals surface area contributed by atoms with Gasteiger partial charge in [0.05, 0.1) is 0 Å². The maximum absolute atomic E-state index is 13.0. The van der Waals surface area contributed by atoms with Gasteiger partial charge in [0, 0.05) is 4.43 Å². The molecular formula is C9H10FI. The van der Waals surface area contributed by atoms with Gasteiger partial charge in [-0.1, -0.05) is 28.7 Å². The highest BCUT2D eigenvalue weighted by atomic mass is 127. The third-order valence-electron chi connectivity index (χ3n) is 1.74. The van der Waals surface area contributed by atoms with Crippen LogP contribution in [0.1, 0.15) is 16.7 Å². The zero-order chi connectivity index (χ0) is 8.43. The normalized spacial score (nSPS) is 10.2. The molecule has 0 aliphatic rings. The van der Waals surface area contributed by atoms with Gasteiger partial charge in [0.15, 0.2) is 0 Å². The van der Waals surface area contributed by atoms with Crippen molar-refractivity contribution in [1.29, 1.82) is 0 Å². The zero-order valence-electron chi connectivity index (χ0n) is 6.62. The third-order valence-corrected chi connectivity index (χ3v) is 2.56.